The number of likely N-dealkylation sites (N-methyl/N-ethyl adjacent to an activating group) is 1. The van der Waals surface area contributed by atoms with Crippen molar-refractivity contribution in [2.75, 3.05) is 133 Å². The van der Waals surface area contributed by atoms with Crippen molar-refractivity contribution in [3.8, 4) is 0 Å². The highest BCUT2D eigenvalue weighted by Crippen LogP contribution is 1.86. The van der Waals surface area contributed by atoms with Gasteiger partial charge in [-0.25, -0.2) is 4.79 Å². The minimum Gasteiger partial charge on any atom is -0.480 e. The first kappa shape index (κ1) is 32.1. The molecule has 33 heavy (non-hydrogen) atoms. The number of nitrogens with one attached hydrogen (secondary N) is 1. The third-order valence-electron chi connectivity index (χ3n) is 3.70. The Labute approximate surface area is 197 Å². The van der Waals surface area contributed by atoms with E-state index in [0.717, 1.165) is 6.54 Å². The third-order valence-corrected chi connectivity index (χ3v) is 3.70. The van der Waals surface area contributed by atoms with E-state index in [1.165, 1.54) is 0 Å². The molecule has 0 spiro atoms. The molecule has 0 aromatic carbocycles. The van der Waals surface area contributed by atoms with E-state index in [0.29, 0.717) is 106 Å². The summed E-state index contributed by atoms with van der Waals surface area (Å²) in [6, 6.07) is 0. The second kappa shape index (κ2) is 29.1. The average molecular weight is 486 g/mol. The molecule has 0 aliphatic carbocycles. The van der Waals surface area contributed by atoms with Crippen molar-refractivity contribution >= 4 is 5.97 Å². The quantitative estimate of drug-likeness (QED) is 0.132. The smallest absolute Gasteiger partial charge is 0.329 e. The molecule has 0 amide bonds. The molecule has 0 saturated carbocycles. The zero-order chi connectivity index (χ0) is 24.1. The molecule has 0 bridgehead atoms. The molecule has 0 aromatic rings. The highest BCUT2D eigenvalue weighted by Gasteiger charge is 1.97. The molecule has 198 valence electrons. The lowest BCUT2D eigenvalue weighted by Gasteiger charge is -2.08. The molecule has 0 saturated heterocycles. The summed E-state index contributed by atoms with van der Waals surface area (Å²) in [6.07, 6.45) is 0. The summed E-state index contributed by atoms with van der Waals surface area (Å²) >= 11 is 0. The molecule has 0 rings (SSSR count). The van der Waals surface area contributed by atoms with Crippen LogP contribution < -0.4 is 5.32 Å². The van der Waals surface area contributed by atoms with Gasteiger partial charge in [0.1, 0.15) is 6.61 Å². The SMILES string of the molecule is CNCCOCCOCCOCCOCCOCCOCCOCCOCCOCC(=O)O. The van der Waals surface area contributed by atoms with Crippen LogP contribution in [0.3, 0.4) is 0 Å². The van der Waals surface area contributed by atoms with Gasteiger partial charge < -0.3 is 53.1 Å². The minimum absolute atomic E-state index is 0.248. The van der Waals surface area contributed by atoms with Crippen LogP contribution in [0.4, 0.5) is 0 Å². The van der Waals surface area contributed by atoms with Gasteiger partial charge in [0.15, 0.2) is 0 Å². The second-order valence-corrected chi connectivity index (χ2v) is 6.45. The number of hydrogen-bond acceptors (Lipinski definition) is 11. The van der Waals surface area contributed by atoms with E-state index in [-0.39, 0.29) is 13.2 Å². The summed E-state index contributed by atoms with van der Waals surface area (Å²) in [7, 11) is 1.89. The summed E-state index contributed by atoms with van der Waals surface area (Å²) < 4.78 is 47.7. The lowest BCUT2D eigenvalue weighted by molar-refractivity contribution is -0.142. The van der Waals surface area contributed by atoms with E-state index in [9.17, 15) is 4.79 Å². The maximum atomic E-state index is 10.2. The number of rotatable bonds is 29. The number of carbonyl (C=O) groups is 1. The van der Waals surface area contributed by atoms with Crippen molar-refractivity contribution in [1.82, 2.24) is 5.32 Å². The topological polar surface area (TPSA) is 132 Å². The van der Waals surface area contributed by atoms with Crippen molar-refractivity contribution in [2.24, 2.45) is 0 Å². The van der Waals surface area contributed by atoms with E-state index in [1.54, 1.807) is 0 Å². The van der Waals surface area contributed by atoms with Gasteiger partial charge in [0, 0.05) is 6.54 Å². The maximum absolute atomic E-state index is 10.2. The first-order chi connectivity index (χ1) is 16.3. The van der Waals surface area contributed by atoms with E-state index in [1.807, 2.05) is 7.05 Å². The van der Waals surface area contributed by atoms with Crippen LogP contribution in [0.1, 0.15) is 0 Å². The summed E-state index contributed by atoms with van der Waals surface area (Å²) in [5, 5.41) is 11.4. The van der Waals surface area contributed by atoms with Gasteiger partial charge in [-0.1, -0.05) is 0 Å². The van der Waals surface area contributed by atoms with E-state index < -0.39 is 5.97 Å². The largest absolute Gasteiger partial charge is 0.480 e. The standard InChI is InChI=1S/C21H43NO11/c1-22-2-3-25-4-5-26-6-7-27-8-9-28-10-11-29-12-13-30-14-15-31-16-17-32-18-19-33-20-21(23)24/h22H,2-20H2,1H3,(H,23,24). The molecule has 0 heterocycles. The number of carboxylic acid groups (broad SMARTS) is 1. The number of carboxylic acids is 1. The number of aliphatic carboxylic acids is 1. The average Bonchev–Trinajstić information content (AvgIpc) is 2.80. The number of ether oxygens (including phenoxy) is 9. The van der Waals surface area contributed by atoms with E-state index >= 15 is 0 Å². The molecular weight excluding hydrogens is 442 g/mol. The molecule has 0 radical (unpaired) electrons. The fourth-order valence-electron chi connectivity index (χ4n) is 2.09. The molecule has 2 N–H and O–H groups in total. The fourth-order valence-corrected chi connectivity index (χ4v) is 2.09. The highest BCUT2D eigenvalue weighted by atomic mass is 16.6. The Bertz CT molecular complexity index is 391. The van der Waals surface area contributed by atoms with Gasteiger partial charge in [0.2, 0.25) is 0 Å². The summed E-state index contributed by atoms with van der Waals surface area (Å²) in [6.45, 7) is 8.90. The van der Waals surface area contributed by atoms with Crippen LogP contribution in [0.5, 0.6) is 0 Å². The first-order valence-electron chi connectivity index (χ1n) is 11.3. The molecule has 0 atom stereocenters. The monoisotopic (exact) mass is 485 g/mol. The molecule has 0 aromatic heterocycles. The summed E-state index contributed by atoms with van der Waals surface area (Å²) in [5.41, 5.74) is 0. The number of hydrogen-bond donors (Lipinski definition) is 2. The molecule has 0 aliphatic heterocycles. The van der Waals surface area contributed by atoms with Crippen LogP contribution in [0.25, 0.3) is 0 Å². The van der Waals surface area contributed by atoms with Crippen LogP contribution in [0, 0.1) is 0 Å². The van der Waals surface area contributed by atoms with Crippen LogP contribution in [-0.2, 0) is 47.4 Å². The fraction of sp³-hybridized carbons (Fsp3) is 0.952. The van der Waals surface area contributed by atoms with E-state index in [4.69, 9.17) is 47.7 Å². The van der Waals surface area contributed by atoms with Crippen LogP contribution in [0.15, 0.2) is 0 Å². The Morgan fingerprint density at radius 3 is 0.970 bits per heavy atom. The van der Waals surface area contributed by atoms with Crippen molar-refractivity contribution in [1.29, 1.82) is 0 Å². The molecule has 0 aliphatic rings. The van der Waals surface area contributed by atoms with Gasteiger partial charge in [0.05, 0.1) is 112 Å². The normalized spacial score (nSPS) is 11.3. The zero-order valence-corrected chi connectivity index (χ0v) is 20.0. The molecule has 0 fully saturated rings. The van der Waals surface area contributed by atoms with Crippen molar-refractivity contribution < 1.29 is 52.5 Å². The molecule has 0 unspecified atom stereocenters. The van der Waals surface area contributed by atoms with Crippen molar-refractivity contribution in [3.05, 3.63) is 0 Å². The molecular formula is C21H43NO11. The maximum Gasteiger partial charge on any atom is 0.329 e. The predicted molar refractivity (Wildman–Crippen MR) is 119 cm³/mol. The third kappa shape index (κ3) is 31.1. The first-order valence-corrected chi connectivity index (χ1v) is 11.3. The Morgan fingerprint density at radius 1 is 0.485 bits per heavy atom. The van der Waals surface area contributed by atoms with Gasteiger partial charge in [-0.3, -0.25) is 0 Å². The Kier molecular flexibility index (Phi) is 28.3. The van der Waals surface area contributed by atoms with Gasteiger partial charge >= 0.3 is 5.97 Å². The minimum atomic E-state index is -0.992. The lowest BCUT2D eigenvalue weighted by Crippen LogP contribution is -2.17. The summed E-state index contributed by atoms with van der Waals surface area (Å²) in [4.78, 5) is 10.2. The lowest BCUT2D eigenvalue weighted by atomic mass is 10.6. The predicted octanol–water partition coefficient (Wildman–Crippen LogP) is -0.560. The molecule has 12 heteroatoms. The molecule has 12 nitrogen and oxygen atoms in total. The Balaban J connectivity index is 3.01. The highest BCUT2D eigenvalue weighted by molar-refractivity contribution is 5.67. The van der Waals surface area contributed by atoms with Gasteiger partial charge in [-0.05, 0) is 7.05 Å². The Hall–Kier alpha value is -0.930. The Morgan fingerprint density at radius 2 is 0.727 bits per heavy atom. The van der Waals surface area contributed by atoms with Crippen LogP contribution >= 0.6 is 0 Å². The zero-order valence-electron chi connectivity index (χ0n) is 20.0. The van der Waals surface area contributed by atoms with Gasteiger partial charge in [-0.2, -0.15) is 0 Å². The van der Waals surface area contributed by atoms with E-state index in [2.05, 4.69) is 5.32 Å². The van der Waals surface area contributed by atoms with Crippen molar-refractivity contribution in [2.45, 2.75) is 0 Å². The van der Waals surface area contributed by atoms with Crippen molar-refractivity contribution in [3.63, 3.8) is 0 Å². The second-order valence-electron chi connectivity index (χ2n) is 6.45. The van der Waals surface area contributed by atoms with Gasteiger partial charge in [0.25, 0.3) is 0 Å². The summed E-state index contributed by atoms with van der Waals surface area (Å²) in [5.74, 6) is -0.992. The van der Waals surface area contributed by atoms with Crippen LogP contribution in [0.2, 0.25) is 0 Å². The van der Waals surface area contributed by atoms with Crippen LogP contribution in [-0.4, -0.2) is 144 Å². The van der Waals surface area contributed by atoms with Gasteiger partial charge in [-0.15, -0.1) is 0 Å².